The van der Waals surface area contributed by atoms with Crippen LogP contribution in [0.3, 0.4) is 0 Å². The van der Waals surface area contributed by atoms with Crippen molar-refractivity contribution in [3.63, 3.8) is 0 Å². The molecule has 0 spiro atoms. The first-order chi connectivity index (χ1) is 17.3. The number of carbonyl (C=O) groups is 2. The largest absolute Gasteiger partial charge is 0.447 e. The molecule has 5 rings (SSSR count). The van der Waals surface area contributed by atoms with E-state index in [2.05, 4.69) is 15.9 Å². The number of carbonyl (C=O) groups excluding carboxylic acids is 2. The van der Waals surface area contributed by atoms with Crippen molar-refractivity contribution in [1.29, 1.82) is 0 Å². The lowest BCUT2D eigenvalue weighted by molar-refractivity contribution is -0.384. The Morgan fingerprint density at radius 3 is 2.44 bits per heavy atom. The first kappa shape index (κ1) is 24.0. The number of imide groups is 1. The van der Waals surface area contributed by atoms with E-state index >= 15 is 0 Å². The molecular formula is C25H18BrClN4O5. The fraction of sp³-hybridized carbons (Fsp3) is 0.160. The molecular weight excluding hydrogens is 552 g/mol. The van der Waals surface area contributed by atoms with E-state index in [1.165, 1.54) is 12.1 Å². The molecule has 1 fully saturated rings. The molecule has 0 unspecified atom stereocenters. The van der Waals surface area contributed by atoms with Crippen LogP contribution < -0.4 is 5.01 Å². The van der Waals surface area contributed by atoms with Gasteiger partial charge in [-0.25, -0.2) is 9.69 Å². The third-order valence-corrected chi connectivity index (χ3v) is 6.81. The van der Waals surface area contributed by atoms with Crippen LogP contribution in [0.2, 0.25) is 5.02 Å². The van der Waals surface area contributed by atoms with Crippen molar-refractivity contribution in [2.75, 3.05) is 18.2 Å². The maximum atomic E-state index is 13.9. The molecule has 0 aromatic heterocycles. The maximum absolute atomic E-state index is 13.9. The van der Waals surface area contributed by atoms with Gasteiger partial charge in [0, 0.05) is 21.6 Å². The van der Waals surface area contributed by atoms with Gasteiger partial charge < -0.3 is 4.74 Å². The molecule has 0 aliphatic carbocycles. The molecule has 0 bridgehead atoms. The van der Waals surface area contributed by atoms with Gasteiger partial charge in [-0.2, -0.15) is 5.10 Å². The summed E-state index contributed by atoms with van der Waals surface area (Å²) in [5, 5.41) is 18.2. The lowest BCUT2D eigenvalue weighted by Crippen LogP contribution is -2.48. The molecule has 2 heterocycles. The predicted octanol–water partition coefficient (Wildman–Crippen LogP) is 5.37. The number of cyclic esters (lactones) is 1. The Morgan fingerprint density at radius 1 is 1.11 bits per heavy atom. The van der Waals surface area contributed by atoms with Gasteiger partial charge in [-0.15, -0.1) is 0 Å². The number of halogens is 2. The average Bonchev–Trinajstić information content (AvgIpc) is 3.48. The van der Waals surface area contributed by atoms with Gasteiger partial charge in [0.05, 0.1) is 28.8 Å². The molecule has 1 saturated heterocycles. The Hall–Kier alpha value is -3.76. The van der Waals surface area contributed by atoms with Crippen molar-refractivity contribution < 1.29 is 19.2 Å². The average molecular weight is 570 g/mol. The van der Waals surface area contributed by atoms with Crippen LogP contribution in [-0.2, 0) is 9.53 Å². The first-order valence-electron chi connectivity index (χ1n) is 11.0. The van der Waals surface area contributed by atoms with E-state index in [-0.39, 0.29) is 18.8 Å². The van der Waals surface area contributed by atoms with E-state index < -0.39 is 28.9 Å². The fourth-order valence-corrected chi connectivity index (χ4v) is 4.83. The normalized spacial score (nSPS) is 19.3. The number of non-ortho nitro benzene ring substituents is 1. The number of anilines is 1. The molecule has 11 heteroatoms. The highest BCUT2D eigenvalue weighted by Gasteiger charge is 2.48. The summed E-state index contributed by atoms with van der Waals surface area (Å²) in [4.78, 5) is 38.1. The molecule has 182 valence electrons. The zero-order chi connectivity index (χ0) is 25.4. The Kier molecular flexibility index (Phi) is 6.46. The lowest BCUT2D eigenvalue weighted by Gasteiger charge is -2.29. The summed E-state index contributed by atoms with van der Waals surface area (Å²) in [6.07, 6.45) is -0.714. The van der Waals surface area contributed by atoms with Gasteiger partial charge in [-0.3, -0.25) is 19.9 Å². The van der Waals surface area contributed by atoms with Gasteiger partial charge in [-0.05, 0) is 47.5 Å². The smallest absolute Gasteiger partial charge is 0.416 e. The number of hydrazone groups is 1. The minimum absolute atomic E-state index is 0.0752. The van der Waals surface area contributed by atoms with Crippen LogP contribution in [0.15, 0.2) is 82.4 Å². The van der Waals surface area contributed by atoms with E-state index in [0.717, 1.165) is 9.37 Å². The topological polar surface area (TPSA) is 105 Å². The number of hydrogen-bond acceptors (Lipinski definition) is 7. The number of nitro groups is 1. The summed E-state index contributed by atoms with van der Waals surface area (Å²) in [6.45, 7) is 0.238. The Balaban J connectivity index is 1.68. The highest BCUT2D eigenvalue weighted by Crippen LogP contribution is 2.39. The van der Waals surface area contributed by atoms with Crippen molar-refractivity contribution in [3.05, 3.63) is 104 Å². The van der Waals surface area contributed by atoms with Crippen LogP contribution in [0, 0.1) is 10.1 Å². The van der Waals surface area contributed by atoms with Gasteiger partial charge in [0.2, 0.25) is 0 Å². The third kappa shape index (κ3) is 4.45. The SMILES string of the molecule is O=C1OCCN1C(=O)[C@H]1[C@H](c2ccc([N+](=O)[O-])cc2)C(c2cccc(Cl)c2)=NN1c1ccc(Br)cc1. The molecule has 0 radical (unpaired) electrons. The van der Waals surface area contributed by atoms with Crippen LogP contribution in [-0.4, -0.2) is 46.7 Å². The number of ether oxygens (including phenoxy) is 1. The molecule has 2 aliphatic heterocycles. The van der Waals surface area contributed by atoms with E-state index in [9.17, 15) is 19.7 Å². The lowest BCUT2D eigenvalue weighted by atomic mass is 9.84. The van der Waals surface area contributed by atoms with Gasteiger partial charge in [0.15, 0.2) is 0 Å². The number of amides is 2. The van der Waals surface area contributed by atoms with Crippen LogP contribution in [0.25, 0.3) is 0 Å². The molecule has 0 saturated carbocycles. The summed E-state index contributed by atoms with van der Waals surface area (Å²) in [5.74, 6) is -1.14. The third-order valence-electron chi connectivity index (χ3n) is 6.04. The van der Waals surface area contributed by atoms with Crippen LogP contribution in [0.1, 0.15) is 17.0 Å². The molecule has 3 aromatic carbocycles. The Labute approximate surface area is 219 Å². The molecule has 2 amide bonds. The quantitative estimate of drug-likeness (QED) is 0.302. The maximum Gasteiger partial charge on any atom is 0.416 e. The van der Waals surface area contributed by atoms with E-state index in [0.29, 0.717) is 27.5 Å². The molecule has 2 atom stereocenters. The highest BCUT2D eigenvalue weighted by molar-refractivity contribution is 9.10. The number of benzene rings is 3. The van der Waals surface area contributed by atoms with Crippen molar-refractivity contribution in [3.8, 4) is 0 Å². The van der Waals surface area contributed by atoms with Gasteiger partial charge >= 0.3 is 6.09 Å². The summed E-state index contributed by atoms with van der Waals surface area (Å²) < 4.78 is 5.87. The first-order valence-corrected chi connectivity index (χ1v) is 12.1. The predicted molar refractivity (Wildman–Crippen MR) is 137 cm³/mol. The molecule has 0 N–H and O–H groups in total. The van der Waals surface area contributed by atoms with Crippen molar-refractivity contribution >= 4 is 56.6 Å². The van der Waals surface area contributed by atoms with Crippen molar-refractivity contribution in [1.82, 2.24) is 4.90 Å². The minimum atomic E-state index is -0.952. The molecule has 2 aliphatic rings. The fourth-order valence-electron chi connectivity index (χ4n) is 4.37. The number of nitro benzene ring substituents is 1. The standard InChI is InChI=1S/C25H18BrClN4O5/c26-17-6-10-19(11-7-17)30-23(24(32)29-12-13-36-25(29)33)21(15-4-8-20(9-5-15)31(34)35)22(28-30)16-2-1-3-18(27)14-16/h1-11,14,21,23H,12-13H2/t21-,23-/m1/s1. The summed E-state index contributed by atoms with van der Waals surface area (Å²) in [7, 11) is 0. The second-order valence-electron chi connectivity index (χ2n) is 8.19. The van der Waals surface area contributed by atoms with Crippen LogP contribution >= 0.6 is 27.5 Å². The summed E-state index contributed by atoms with van der Waals surface area (Å²) >= 11 is 9.70. The Bertz CT molecular complexity index is 1380. The summed E-state index contributed by atoms with van der Waals surface area (Å²) in [5.41, 5.74) is 2.42. The van der Waals surface area contributed by atoms with Crippen LogP contribution in [0.4, 0.5) is 16.2 Å². The van der Waals surface area contributed by atoms with Crippen LogP contribution in [0.5, 0.6) is 0 Å². The zero-order valence-corrected chi connectivity index (χ0v) is 20.9. The molecule has 3 aromatic rings. The summed E-state index contributed by atoms with van der Waals surface area (Å²) in [6, 6.07) is 19.4. The number of nitrogens with zero attached hydrogens (tertiary/aromatic N) is 4. The van der Waals surface area contributed by atoms with E-state index in [1.807, 2.05) is 30.3 Å². The highest BCUT2D eigenvalue weighted by atomic mass is 79.9. The molecule has 9 nitrogen and oxygen atoms in total. The van der Waals surface area contributed by atoms with Crippen molar-refractivity contribution in [2.45, 2.75) is 12.0 Å². The van der Waals surface area contributed by atoms with E-state index in [4.69, 9.17) is 21.4 Å². The van der Waals surface area contributed by atoms with Gasteiger partial charge in [0.1, 0.15) is 12.6 Å². The minimum Gasteiger partial charge on any atom is -0.447 e. The van der Waals surface area contributed by atoms with E-state index in [1.54, 1.807) is 35.3 Å². The zero-order valence-electron chi connectivity index (χ0n) is 18.6. The second-order valence-corrected chi connectivity index (χ2v) is 9.54. The van der Waals surface area contributed by atoms with Crippen molar-refractivity contribution in [2.24, 2.45) is 5.10 Å². The number of rotatable bonds is 5. The number of hydrogen-bond donors (Lipinski definition) is 0. The molecule has 36 heavy (non-hydrogen) atoms. The monoisotopic (exact) mass is 568 g/mol. The van der Waals surface area contributed by atoms with Gasteiger partial charge in [-0.1, -0.05) is 51.8 Å². The second kappa shape index (κ2) is 9.71. The van der Waals surface area contributed by atoms with Gasteiger partial charge in [0.25, 0.3) is 11.6 Å². The Morgan fingerprint density at radius 2 is 1.83 bits per heavy atom.